The third-order valence-electron chi connectivity index (χ3n) is 4.08. The van der Waals surface area contributed by atoms with Gasteiger partial charge in [0.25, 0.3) is 0 Å². The van der Waals surface area contributed by atoms with Crippen molar-refractivity contribution in [1.82, 2.24) is 9.97 Å². The summed E-state index contributed by atoms with van der Waals surface area (Å²) in [5, 5.41) is 13.4. The fraction of sp³-hybridized carbons (Fsp3) is 0.143. The van der Waals surface area contributed by atoms with Crippen LogP contribution in [0, 0.1) is 0 Å². The van der Waals surface area contributed by atoms with Crippen LogP contribution < -0.4 is 5.32 Å². The van der Waals surface area contributed by atoms with Crippen molar-refractivity contribution in [3.8, 4) is 16.9 Å². The summed E-state index contributed by atoms with van der Waals surface area (Å²) in [6, 6.07) is 10.2. The topological polar surface area (TPSA) is 101 Å². The first-order chi connectivity index (χ1) is 13.5. The van der Waals surface area contributed by atoms with Crippen LogP contribution in [-0.2, 0) is 16.0 Å². The molecule has 2 N–H and O–H groups in total. The Labute approximate surface area is 162 Å². The normalized spacial score (nSPS) is 10.4. The highest BCUT2D eigenvalue weighted by Crippen LogP contribution is 2.34. The number of pyridine rings is 2. The molecule has 3 rings (SSSR count). The summed E-state index contributed by atoms with van der Waals surface area (Å²) in [5.74, 6) is -0.816. The fourth-order valence-electron chi connectivity index (χ4n) is 2.85. The van der Waals surface area contributed by atoms with Gasteiger partial charge >= 0.3 is 5.97 Å². The number of carbonyl (C=O) groups is 2. The number of esters is 1. The molecule has 0 saturated heterocycles. The Bertz CT molecular complexity index is 1020. The second-order valence-electron chi connectivity index (χ2n) is 6.16. The predicted molar refractivity (Wildman–Crippen MR) is 104 cm³/mol. The number of amides is 1. The number of hydrogen-bond donors (Lipinski definition) is 2. The Balaban J connectivity index is 2.06. The van der Waals surface area contributed by atoms with E-state index in [0.717, 1.165) is 5.56 Å². The van der Waals surface area contributed by atoms with Crippen LogP contribution in [0.2, 0.25) is 0 Å². The average Bonchev–Trinajstić information content (AvgIpc) is 2.69. The van der Waals surface area contributed by atoms with Gasteiger partial charge < -0.3 is 15.2 Å². The second kappa shape index (κ2) is 8.30. The molecule has 7 nitrogen and oxygen atoms in total. The smallest absolute Gasteiger partial charge is 0.337 e. The molecule has 142 valence electrons. The van der Waals surface area contributed by atoms with Gasteiger partial charge in [0.2, 0.25) is 5.91 Å². The molecule has 0 atom stereocenters. The number of nitrogens with zero attached hydrogens (tertiary/aromatic N) is 2. The minimum absolute atomic E-state index is 0.00199. The predicted octanol–water partition coefficient (Wildman–Crippen LogP) is 3.19. The number of ether oxygens (including phenoxy) is 1. The van der Waals surface area contributed by atoms with Gasteiger partial charge in [-0.15, -0.1) is 0 Å². The molecular formula is C21H19N3O4. The van der Waals surface area contributed by atoms with Crippen LogP contribution in [0.15, 0.2) is 55.0 Å². The standard InChI is InChI=1S/C21H19N3O4/c1-13(25)24-17-10-15(9-16(11-17)21(27)28-2)18-5-7-23-19(20(18)26)8-14-4-3-6-22-12-14/h3-7,9-12,26H,8H2,1-2H3,(H,24,25). The maximum atomic E-state index is 12.0. The van der Waals surface area contributed by atoms with Crippen LogP contribution in [0.3, 0.4) is 0 Å². The number of rotatable bonds is 5. The van der Waals surface area contributed by atoms with E-state index >= 15 is 0 Å². The van der Waals surface area contributed by atoms with Crippen molar-refractivity contribution in [2.24, 2.45) is 0 Å². The summed E-state index contributed by atoms with van der Waals surface area (Å²) in [5.41, 5.74) is 3.12. The van der Waals surface area contributed by atoms with Gasteiger partial charge in [-0.1, -0.05) is 6.07 Å². The molecule has 1 aromatic carbocycles. The molecule has 0 fully saturated rings. The van der Waals surface area contributed by atoms with Gasteiger partial charge in [-0.2, -0.15) is 0 Å². The molecule has 0 unspecified atom stereocenters. The lowest BCUT2D eigenvalue weighted by atomic mass is 9.99. The first kappa shape index (κ1) is 19.0. The molecule has 0 aliphatic heterocycles. The molecule has 0 aliphatic rings. The molecule has 0 saturated carbocycles. The summed E-state index contributed by atoms with van der Waals surface area (Å²) >= 11 is 0. The summed E-state index contributed by atoms with van der Waals surface area (Å²) in [6.07, 6.45) is 5.38. The van der Waals surface area contributed by atoms with E-state index in [9.17, 15) is 14.7 Å². The van der Waals surface area contributed by atoms with Gasteiger partial charge in [-0.3, -0.25) is 14.8 Å². The van der Waals surface area contributed by atoms with Crippen molar-refractivity contribution in [2.45, 2.75) is 13.3 Å². The number of carbonyl (C=O) groups excluding carboxylic acids is 2. The van der Waals surface area contributed by atoms with Gasteiger partial charge in [0.05, 0.1) is 18.4 Å². The van der Waals surface area contributed by atoms with Crippen LogP contribution in [0.1, 0.15) is 28.5 Å². The van der Waals surface area contributed by atoms with Gasteiger partial charge in [0.15, 0.2) is 0 Å². The lowest BCUT2D eigenvalue weighted by Crippen LogP contribution is -2.08. The maximum Gasteiger partial charge on any atom is 0.337 e. The maximum absolute atomic E-state index is 12.0. The molecule has 7 heteroatoms. The quantitative estimate of drug-likeness (QED) is 0.662. The number of nitrogens with one attached hydrogen (secondary N) is 1. The fourth-order valence-corrected chi connectivity index (χ4v) is 2.85. The van der Waals surface area contributed by atoms with E-state index in [1.807, 2.05) is 12.1 Å². The number of anilines is 1. The molecule has 1 amide bonds. The second-order valence-corrected chi connectivity index (χ2v) is 6.16. The number of methoxy groups -OCH3 is 1. The van der Waals surface area contributed by atoms with Gasteiger partial charge in [-0.25, -0.2) is 4.79 Å². The van der Waals surface area contributed by atoms with Gasteiger partial charge in [0, 0.05) is 43.2 Å². The molecule has 3 aromatic rings. The van der Waals surface area contributed by atoms with Crippen molar-refractivity contribution in [1.29, 1.82) is 0 Å². The highest BCUT2D eigenvalue weighted by molar-refractivity contribution is 5.96. The van der Waals surface area contributed by atoms with Crippen LogP contribution in [0.5, 0.6) is 5.75 Å². The third kappa shape index (κ3) is 4.32. The zero-order valence-corrected chi connectivity index (χ0v) is 15.5. The van der Waals surface area contributed by atoms with E-state index in [4.69, 9.17) is 4.74 Å². The number of benzene rings is 1. The summed E-state index contributed by atoms with van der Waals surface area (Å²) in [4.78, 5) is 31.8. The largest absolute Gasteiger partial charge is 0.505 e. The molecule has 0 bridgehead atoms. The first-order valence-corrected chi connectivity index (χ1v) is 8.55. The molecular weight excluding hydrogens is 358 g/mol. The molecule has 0 aliphatic carbocycles. The van der Waals surface area contributed by atoms with Crippen LogP contribution in [0.25, 0.3) is 11.1 Å². The molecule has 2 aromatic heterocycles. The molecule has 2 heterocycles. The highest BCUT2D eigenvalue weighted by Gasteiger charge is 2.15. The lowest BCUT2D eigenvalue weighted by Gasteiger charge is -2.12. The zero-order valence-electron chi connectivity index (χ0n) is 15.5. The number of aromatic nitrogens is 2. The molecule has 28 heavy (non-hydrogen) atoms. The Morgan fingerprint density at radius 1 is 1.18 bits per heavy atom. The van der Waals surface area contributed by atoms with E-state index in [2.05, 4.69) is 15.3 Å². The highest BCUT2D eigenvalue weighted by atomic mass is 16.5. The van der Waals surface area contributed by atoms with Crippen LogP contribution >= 0.6 is 0 Å². The van der Waals surface area contributed by atoms with Crippen molar-refractivity contribution < 1.29 is 19.4 Å². The Morgan fingerprint density at radius 3 is 2.68 bits per heavy atom. The van der Waals surface area contributed by atoms with Crippen molar-refractivity contribution in [3.63, 3.8) is 0 Å². The number of hydrogen-bond acceptors (Lipinski definition) is 6. The van der Waals surface area contributed by atoms with Gasteiger partial charge in [-0.05, 0) is 41.5 Å². The first-order valence-electron chi connectivity index (χ1n) is 8.55. The number of aromatic hydroxyl groups is 1. The summed E-state index contributed by atoms with van der Waals surface area (Å²) in [6.45, 7) is 1.38. The minimum atomic E-state index is -0.544. The van der Waals surface area contributed by atoms with Crippen LogP contribution in [-0.4, -0.2) is 34.1 Å². The van der Waals surface area contributed by atoms with E-state index in [1.165, 1.54) is 20.1 Å². The monoisotopic (exact) mass is 377 g/mol. The van der Waals surface area contributed by atoms with E-state index < -0.39 is 5.97 Å². The van der Waals surface area contributed by atoms with Gasteiger partial charge in [0.1, 0.15) is 5.75 Å². The Kier molecular flexibility index (Phi) is 5.64. The van der Waals surface area contributed by atoms with Crippen LogP contribution in [0.4, 0.5) is 5.69 Å². The SMILES string of the molecule is COC(=O)c1cc(NC(C)=O)cc(-c2ccnc(Cc3cccnc3)c2O)c1. The molecule has 0 spiro atoms. The van der Waals surface area contributed by atoms with Crippen molar-refractivity contribution in [2.75, 3.05) is 12.4 Å². The van der Waals surface area contributed by atoms with Crippen molar-refractivity contribution in [3.05, 3.63) is 71.8 Å². The summed E-state index contributed by atoms with van der Waals surface area (Å²) in [7, 11) is 1.28. The molecule has 0 radical (unpaired) electrons. The van der Waals surface area contributed by atoms with Crippen molar-refractivity contribution >= 4 is 17.6 Å². The van der Waals surface area contributed by atoms with E-state index in [1.54, 1.807) is 36.8 Å². The third-order valence-corrected chi connectivity index (χ3v) is 4.08. The van der Waals surface area contributed by atoms with E-state index in [0.29, 0.717) is 28.9 Å². The minimum Gasteiger partial charge on any atom is -0.505 e. The lowest BCUT2D eigenvalue weighted by molar-refractivity contribution is -0.114. The zero-order chi connectivity index (χ0) is 20.1. The Hall–Kier alpha value is -3.74. The Morgan fingerprint density at radius 2 is 2.00 bits per heavy atom. The average molecular weight is 377 g/mol. The summed E-state index contributed by atoms with van der Waals surface area (Å²) < 4.78 is 4.79. The van der Waals surface area contributed by atoms with E-state index in [-0.39, 0.29) is 17.2 Å².